The highest BCUT2D eigenvalue weighted by Crippen LogP contribution is 2.50. The van der Waals surface area contributed by atoms with Gasteiger partial charge < -0.3 is 80.4 Å². The third-order valence-electron chi connectivity index (χ3n) is 17.0. The van der Waals surface area contributed by atoms with E-state index in [9.17, 15) is 29.7 Å². The SMILES string of the molecule is CC[C@H]1OC(=O)[C@H](C)[C@@H](O[C@H]2C[C@@](C)(OC)[C@@H](O)[C@H](C)O2)[C@H](C)[C@@H](OC2OC(C)CC(N(C)C)C2OC(C)=O)[C@](C)(O)C[C@@H](C)CN(C)[C@H](C)[C@@H](OC(=O)NCCCCCCCCCC[P+](C)(C)c2ccccc2)[C@]1(C)O.[Br-]. The molecule has 0 saturated carbocycles. The second kappa shape index (κ2) is 31.6. The maximum Gasteiger partial charge on any atom is 0.407 e. The Labute approximate surface area is 480 Å². The molecule has 19 heteroatoms. The fourth-order valence-corrected chi connectivity index (χ4v) is 14.5. The molecule has 1 aromatic carbocycles. The molecule has 18 atom stereocenters. The summed E-state index contributed by atoms with van der Waals surface area (Å²) in [5.41, 5.74) is -4.62. The number of halogens is 1. The smallest absolute Gasteiger partial charge is 0.407 e. The molecule has 17 nitrogen and oxygen atoms in total. The Bertz CT molecular complexity index is 1950. The van der Waals surface area contributed by atoms with Gasteiger partial charge in [-0.1, -0.05) is 71.1 Å². The highest BCUT2D eigenvalue weighted by atomic mass is 79.9. The van der Waals surface area contributed by atoms with E-state index < -0.39 is 115 Å². The molecule has 78 heavy (non-hydrogen) atoms. The summed E-state index contributed by atoms with van der Waals surface area (Å²) >= 11 is 0. The third kappa shape index (κ3) is 19.5. The van der Waals surface area contributed by atoms with Gasteiger partial charge >= 0.3 is 18.0 Å². The van der Waals surface area contributed by atoms with Gasteiger partial charge in [-0.05, 0) is 126 Å². The molecule has 4 N–H and O–H groups in total. The zero-order chi connectivity index (χ0) is 57.6. The largest absolute Gasteiger partial charge is 1.00 e. The second-order valence-electron chi connectivity index (χ2n) is 24.6. The summed E-state index contributed by atoms with van der Waals surface area (Å²) < 4.78 is 51.0. The molecule has 3 fully saturated rings. The summed E-state index contributed by atoms with van der Waals surface area (Å²) in [5, 5.41) is 41.3. The van der Waals surface area contributed by atoms with E-state index in [-0.39, 0.29) is 54.3 Å². The van der Waals surface area contributed by atoms with Crippen molar-refractivity contribution >= 4 is 30.6 Å². The van der Waals surface area contributed by atoms with Crippen LogP contribution in [0.5, 0.6) is 0 Å². The molecule has 0 aromatic heterocycles. The lowest BCUT2D eigenvalue weighted by molar-refractivity contribution is -0.318. The minimum atomic E-state index is -1.89. The topological polar surface area (TPSA) is 204 Å². The lowest BCUT2D eigenvalue weighted by atomic mass is 9.77. The second-order valence-corrected chi connectivity index (χ2v) is 29.0. The van der Waals surface area contributed by atoms with Crippen LogP contribution in [0.3, 0.4) is 0 Å². The number of methoxy groups -OCH3 is 1. The maximum atomic E-state index is 14.9. The van der Waals surface area contributed by atoms with E-state index in [1.807, 2.05) is 58.6 Å². The number of amides is 1. The zero-order valence-electron chi connectivity index (χ0n) is 50.7. The highest BCUT2D eigenvalue weighted by Gasteiger charge is 2.54. The van der Waals surface area contributed by atoms with Crippen molar-refractivity contribution in [3.05, 3.63) is 30.3 Å². The molecular formula is C59H105BrN3O14P. The van der Waals surface area contributed by atoms with E-state index in [1.165, 1.54) is 51.2 Å². The van der Waals surface area contributed by atoms with Gasteiger partial charge in [0.25, 0.3) is 0 Å². The Morgan fingerprint density at radius 2 is 1.46 bits per heavy atom. The Kier molecular flexibility index (Phi) is 28.4. The summed E-state index contributed by atoms with van der Waals surface area (Å²) in [4.78, 5) is 45.3. The first kappa shape index (κ1) is 70.2. The summed E-state index contributed by atoms with van der Waals surface area (Å²) in [6, 6.07) is 10.0. The molecule has 1 amide bonds. The lowest BCUT2D eigenvalue weighted by Crippen LogP contribution is -3.00. The van der Waals surface area contributed by atoms with Gasteiger partial charge in [0.2, 0.25) is 0 Å². The fraction of sp³-hybridized carbons (Fsp3) is 0.847. The summed E-state index contributed by atoms with van der Waals surface area (Å²) in [5.74, 6) is -3.40. The first-order chi connectivity index (χ1) is 36.0. The van der Waals surface area contributed by atoms with Crippen LogP contribution >= 0.6 is 7.26 Å². The number of ether oxygens (including phenoxy) is 8. The number of carbonyl (C=O) groups is 3. The Morgan fingerprint density at radius 3 is 2.04 bits per heavy atom. The molecule has 1 aromatic rings. The van der Waals surface area contributed by atoms with Crippen LogP contribution in [0.25, 0.3) is 0 Å². The van der Waals surface area contributed by atoms with E-state index in [2.05, 4.69) is 49.0 Å². The van der Waals surface area contributed by atoms with Gasteiger partial charge in [-0.3, -0.25) is 14.5 Å². The number of nitrogens with zero attached hydrogens (tertiary/aromatic N) is 2. The van der Waals surface area contributed by atoms with E-state index in [0.29, 0.717) is 19.5 Å². The number of hydrogen-bond donors (Lipinski definition) is 4. The van der Waals surface area contributed by atoms with Crippen molar-refractivity contribution in [2.75, 3.05) is 60.8 Å². The predicted molar refractivity (Wildman–Crippen MR) is 303 cm³/mol. The number of unbranched alkanes of at least 4 members (excludes halogenated alkanes) is 7. The number of alkyl carbamates (subject to hydrolysis) is 1. The van der Waals surface area contributed by atoms with Gasteiger partial charge in [0.05, 0.1) is 72.4 Å². The first-order valence-corrected chi connectivity index (χ1v) is 31.7. The molecule has 0 aliphatic carbocycles. The minimum Gasteiger partial charge on any atom is -1.00 e. The van der Waals surface area contributed by atoms with Crippen molar-refractivity contribution in [2.45, 2.75) is 244 Å². The number of rotatable bonds is 21. The summed E-state index contributed by atoms with van der Waals surface area (Å²) in [6.07, 6.45) is 0.843. The number of esters is 2. The number of carbonyl (C=O) groups excluding carboxylic acids is 3. The van der Waals surface area contributed by atoms with Crippen LogP contribution in [0, 0.1) is 17.8 Å². The Balaban J connectivity index is 0.0000160. The molecular weight excluding hydrogens is 1090 g/mol. The standard InChI is InChI=1S/C59H104N3O14P.BrH/c1-18-47-59(11,68)53(76-56(66)60-32-28-23-21-19-20-22-24-29-33-77(16,17)45-30-26-25-27-31-45)42(6)62(14)37-38(2)35-57(9,67)52(75-55-50(72-44(8)63)46(61(12)13)34-39(3)70-55)40(4)49(41(5)54(65)73-47)74-48-36-58(10,69-15)51(64)43(7)71-48;/h25-27,30-31,38-43,46-53,55,64,67-68H,18-24,28-29,32-37H2,1-17H3;1H/t38-,39?,40+,41-,42-,43+,46?,47-,48+,49+,50?,51+,52-,53-,55?,57-,58-,59-;/m1./s1. The third-order valence-corrected chi connectivity index (χ3v) is 20.2. The Morgan fingerprint density at radius 1 is 0.859 bits per heavy atom. The molecule has 4 unspecified atom stereocenters. The molecule has 0 spiro atoms. The van der Waals surface area contributed by atoms with Crippen LogP contribution < -0.4 is 27.6 Å². The zero-order valence-corrected chi connectivity index (χ0v) is 53.2. The fourth-order valence-electron chi connectivity index (χ4n) is 12.2. The maximum absolute atomic E-state index is 14.9. The van der Waals surface area contributed by atoms with Gasteiger partial charge in [0.1, 0.15) is 17.8 Å². The van der Waals surface area contributed by atoms with Crippen molar-refractivity contribution in [3.63, 3.8) is 0 Å². The Hall–Kier alpha value is -2.06. The number of benzene rings is 1. The van der Waals surface area contributed by atoms with Crippen LogP contribution in [0.1, 0.15) is 153 Å². The van der Waals surface area contributed by atoms with Crippen LogP contribution in [0.2, 0.25) is 0 Å². The molecule has 452 valence electrons. The lowest BCUT2D eigenvalue weighted by Gasteiger charge is -2.49. The molecule has 3 aliphatic rings. The van der Waals surface area contributed by atoms with Crippen LogP contribution in [-0.2, 0) is 47.5 Å². The molecule has 3 aliphatic heterocycles. The molecule has 3 saturated heterocycles. The number of hydrogen-bond acceptors (Lipinski definition) is 16. The predicted octanol–water partition coefficient (Wildman–Crippen LogP) is 4.93. The molecule has 0 radical (unpaired) electrons. The minimum absolute atomic E-state index is 0. The molecule has 4 rings (SSSR count). The van der Waals surface area contributed by atoms with Crippen LogP contribution in [0.4, 0.5) is 4.79 Å². The van der Waals surface area contributed by atoms with Crippen molar-refractivity contribution in [2.24, 2.45) is 17.8 Å². The number of cyclic esters (lactones) is 1. The number of nitrogens with one attached hydrogen (secondary N) is 1. The highest BCUT2D eigenvalue weighted by molar-refractivity contribution is 7.81. The number of aliphatic hydroxyl groups is 3. The first-order valence-electron chi connectivity index (χ1n) is 28.9. The number of aliphatic hydroxyl groups excluding tert-OH is 1. The van der Waals surface area contributed by atoms with E-state index in [1.54, 1.807) is 41.5 Å². The monoisotopic (exact) mass is 1190 g/mol. The van der Waals surface area contributed by atoms with Gasteiger partial charge in [-0.25, -0.2) is 4.79 Å². The number of likely N-dealkylation sites (N-methyl/N-ethyl adjacent to an activating group) is 2. The van der Waals surface area contributed by atoms with Crippen LogP contribution in [0.15, 0.2) is 30.3 Å². The van der Waals surface area contributed by atoms with Crippen molar-refractivity contribution in [1.29, 1.82) is 0 Å². The van der Waals surface area contributed by atoms with Crippen molar-refractivity contribution < 1.29 is 84.6 Å². The molecule has 0 bridgehead atoms. The molecule has 3 heterocycles. The quantitative estimate of drug-likeness (QED) is 0.0558. The summed E-state index contributed by atoms with van der Waals surface area (Å²) in [7, 11) is 6.09. The van der Waals surface area contributed by atoms with Gasteiger partial charge in [0, 0.05) is 52.8 Å². The van der Waals surface area contributed by atoms with E-state index in [4.69, 9.17) is 37.9 Å². The average molecular weight is 1190 g/mol. The van der Waals surface area contributed by atoms with Gasteiger partial charge in [-0.2, -0.15) is 0 Å². The van der Waals surface area contributed by atoms with E-state index >= 15 is 0 Å². The van der Waals surface area contributed by atoms with Crippen molar-refractivity contribution in [3.8, 4) is 0 Å². The van der Waals surface area contributed by atoms with E-state index in [0.717, 1.165) is 25.7 Å². The normalized spacial score (nSPS) is 36.8. The van der Waals surface area contributed by atoms with Gasteiger partial charge in [0.15, 0.2) is 24.8 Å². The summed E-state index contributed by atoms with van der Waals surface area (Å²) in [6.45, 7) is 24.8. The average Bonchev–Trinajstić information content (AvgIpc) is 3.36. The van der Waals surface area contributed by atoms with Gasteiger partial charge in [-0.15, -0.1) is 0 Å². The van der Waals surface area contributed by atoms with Crippen LogP contribution in [-0.4, -0.2) is 194 Å². The van der Waals surface area contributed by atoms with Crippen molar-refractivity contribution in [1.82, 2.24) is 15.1 Å².